The fourth-order valence-electron chi connectivity index (χ4n) is 2.20. The Morgan fingerprint density at radius 1 is 0.727 bits per heavy atom. The summed E-state index contributed by atoms with van der Waals surface area (Å²) >= 11 is 0. The van der Waals surface area contributed by atoms with E-state index in [-0.39, 0.29) is 6.61 Å². The van der Waals surface area contributed by atoms with Gasteiger partial charge in [0.25, 0.3) is 0 Å². The average Bonchev–Trinajstić information content (AvgIpc) is 2.58. The van der Waals surface area contributed by atoms with Crippen LogP contribution in [0.1, 0.15) is 26.2 Å². The van der Waals surface area contributed by atoms with Crippen molar-refractivity contribution in [3.8, 4) is 22.6 Å². The third-order valence-electron chi connectivity index (χ3n) is 3.43. The highest BCUT2D eigenvalue weighted by Crippen LogP contribution is 2.24. The Kier molecular flexibility index (Phi) is 6.78. The highest BCUT2D eigenvalue weighted by Gasteiger charge is 2.00. The van der Waals surface area contributed by atoms with Crippen molar-refractivity contribution in [2.75, 3.05) is 19.8 Å². The van der Waals surface area contributed by atoms with Crippen LogP contribution in [0, 0.1) is 0 Å². The van der Waals surface area contributed by atoms with Crippen LogP contribution in [0.2, 0.25) is 0 Å². The summed E-state index contributed by atoms with van der Waals surface area (Å²) in [6, 6.07) is 16.2. The highest BCUT2D eigenvalue weighted by atomic mass is 16.5. The van der Waals surface area contributed by atoms with Crippen LogP contribution in [0.5, 0.6) is 11.5 Å². The van der Waals surface area contributed by atoms with Crippen LogP contribution >= 0.6 is 0 Å². The van der Waals surface area contributed by atoms with E-state index in [0.29, 0.717) is 6.61 Å². The molecule has 0 saturated heterocycles. The van der Waals surface area contributed by atoms with Crippen molar-refractivity contribution >= 4 is 0 Å². The van der Waals surface area contributed by atoms with Gasteiger partial charge in [-0.3, -0.25) is 0 Å². The molecule has 0 atom stereocenters. The standard InChI is InChI=1S/C19H24O3/c1-2-3-4-14-21-18-9-5-16(6-10-18)17-7-11-19(12-8-17)22-15-13-20/h5-12,20H,2-4,13-15H2,1H3/p+1. The molecule has 0 aliphatic carbocycles. The Bertz CT molecular complexity index is 532. The van der Waals surface area contributed by atoms with E-state index in [2.05, 4.69) is 19.1 Å². The highest BCUT2D eigenvalue weighted by molar-refractivity contribution is 5.64. The van der Waals surface area contributed by atoms with Crippen molar-refractivity contribution in [2.45, 2.75) is 26.2 Å². The van der Waals surface area contributed by atoms with Gasteiger partial charge in [-0.25, -0.2) is 0 Å². The SMILES string of the molecule is CCCCCOc1ccc(-c2ccc(OCC[OH2+])cc2)cc1. The minimum atomic E-state index is 0.279. The summed E-state index contributed by atoms with van der Waals surface area (Å²) in [5.74, 6) is 1.74. The van der Waals surface area contributed by atoms with Crippen molar-refractivity contribution in [2.24, 2.45) is 0 Å². The smallest absolute Gasteiger partial charge is 0.178 e. The predicted molar refractivity (Wildman–Crippen MR) is 90.9 cm³/mol. The molecule has 2 aromatic rings. The third-order valence-corrected chi connectivity index (χ3v) is 3.43. The quantitative estimate of drug-likeness (QED) is 0.518. The lowest BCUT2D eigenvalue weighted by molar-refractivity contribution is 0.201. The van der Waals surface area contributed by atoms with E-state index in [4.69, 9.17) is 14.6 Å². The lowest BCUT2D eigenvalue weighted by atomic mass is 10.1. The molecule has 0 amide bonds. The van der Waals surface area contributed by atoms with Gasteiger partial charge in [0.15, 0.2) is 13.2 Å². The van der Waals surface area contributed by atoms with Crippen LogP contribution in [0.15, 0.2) is 48.5 Å². The number of hydrogen-bond donors (Lipinski definition) is 0. The molecular formula is C19H25O3+. The molecular weight excluding hydrogens is 276 g/mol. The molecule has 2 aromatic carbocycles. The topological polar surface area (TPSA) is 41.4 Å². The molecule has 3 heteroatoms. The second-order valence-corrected chi connectivity index (χ2v) is 5.20. The molecule has 0 aromatic heterocycles. The van der Waals surface area contributed by atoms with Gasteiger partial charge >= 0.3 is 0 Å². The molecule has 0 heterocycles. The number of benzene rings is 2. The van der Waals surface area contributed by atoms with E-state index in [9.17, 15) is 0 Å². The van der Waals surface area contributed by atoms with E-state index in [1.54, 1.807) is 0 Å². The molecule has 0 saturated carbocycles. The largest absolute Gasteiger partial charge is 0.494 e. The van der Waals surface area contributed by atoms with Gasteiger partial charge in [0.2, 0.25) is 0 Å². The number of rotatable bonds is 9. The lowest BCUT2D eigenvalue weighted by Gasteiger charge is -2.08. The van der Waals surface area contributed by atoms with Crippen molar-refractivity contribution in [3.63, 3.8) is 0 Å². The number of unbranched alkanes of at least 4 members (excludes halogenated alkanes) is 2. The molecule has 0 fully saturated rings. The van der Waals surface area contributed by atoms with Crippen LogP contribution in [0.3, 0.4) is 0 Å². The molecule has 3 nitrogen and oxygen atoms in total. The summed E-state index contributed by atoms with van der Waals surface area (Å²) in [7, 11) is 0. The van der Waals surface area contributed by atoms with Gasteiger partial charge in [-0.1, -0.05) is 44.0 Å². The summed E-state index contributed by atoms with van der Waals surface area (Å²) in [5, 5.41) is 7.08. The Balaban J connectivity index is 1.92. The van der Waals surface area contributed by atoms with Crippen molar-refractivity contribution in [1.82, 2.24) is 0 Å². The zero-order valence-electron chi connectivity index (χ0n) is 13.2. The fraction of sp³-hybridized carbons (Fsp3) is 0.368. The summed E-state index contributed by atoms with van der Waals surface area (Å²) in [4.78, 5) is 0. The van der Waals surface area contributed by atoms with Gasteiger partial charge < -0.3 is 14.6 Å². The monoisotopic (exact) mass is 301 g/mol. The van der Waals surface area contributed by atoms with E-state index >= 15 is 0 Å². The van der Waals surface area contributed by atoms with Gasteiger partial charge in [0.05, 0.1) is 6.61 Å². The summed E-state index contributed by atoms with van der Waals surface area (Å²) < 4.78 is 11.1. The van der Waals surface area contributed by atoms with Gasteiger partial charge in [0, 0.05) is 0 Å². The van der Waals surface area contributed by atoms with E-state index in [1.165, 1.54) is 12.8 Å². The summed E-state index contributed by atoms with van der Waals surface area (Å²) in [6.07, 6.45) is 3.54. The molecule has 0 aliphatic rings. The Hall–Kier alpha value is -2.00. The first kappa shape index (κ1) is 16.4. The minimum Gasteiger partial charge on any atom is -0.494 e. The molecule has 2 N–H and O–H groups in total. The molecule has 0 unspecified atom stereocenters. The third kappa shape index (κ3) is 5.08. The molecule has 118 valence electrons. The average molecular weight is 301 g/mol. The van der Waals surface area contributed by atoms with Crippen LogP contribution < -0.4 is 9.47 Å². The first-order valence-corrected chi connectivity index (χ1v) is 7.94. The minimum absolute atomic E-state index is 0.279. The second-order valence-electron chi connectivity index (χ2n) is 5.20. The molecule has 22 heavy (non-hydrogen) atoms. The number of hydrogen-bond acceptors (Lipinski definition) is 2. The zero-order chi connectivity index (χ0) is 15.6. The molecule has 0 aliphatic heterocycles. The normalized spacial score (nSPS) is 10.5. The maximum absolute atomic E-state index is 7.08. The van der Waals surface area contributed by atoms with Crippen LogP contribution in [0.25, 0.3) is 11.1 Å². The second kappa shape index (κ2) is 9.11. The van der Waals surface area contributed by atoms with Crippen molar-refractivity contribution in [1.29, 1.82) is 0 Å². The maximum Gasteiger partial charge on any atom is 0.178 e. The molecule has 0 spiro atoms. The van der Waals surface area contributed by atoms with Crippen LogP contribution in [-0.2, 0) is 0 Å². The van der Waals surface area contributed by atoms with E-state index < -0.39 is 0 Å². The van der Waals surface area contributed by atoms with Gasteiger partial charge in [-0.05, 0) is 41.8 Å². The first-order chi connectivity index (χ1) is 10.8. The Morgan fingerprint density at radius 3 is 1.68 bits per heavy atom. The summed E-state index contributed by atoms with van der Waals surface area (Å²) in [5.41, 5.74) is 2.31. The number of ether oxygens (including phenoxy) is 2. The summed E-state index contributed by atoms with van der Waals surface area (Å²) in [6.45, 7) is 3.69. The van der Waals surface area contributed by atoms with Gasteiger partial charge in [-0.2, -0.15) is 0 Å². The molecule has 2 rings (SSSR count). The van der Waals surface area contributed by atoms with Gasteiger partial charge in [-0.15, -0.1) is 0 Å². The maximum atomic E-state index is 7.08. The fourth-order valence-corrected chi connectivity index (χ4v) is 2.20. The van der Waals surface area contributed by atoms with E-state index in [1.807, 2.05) is 36.4 Å². The van der Waals surface area contributed by atoms with E-state index in [0.717, 1.165) is 35.7 Å². The van der Waals surface area contributed by atoms with Crippen molar-refractivity contribution < 1.29 is 14.6 Å². The molecule has 0 bridgehead atoms. The Morgan fingerprint density at radius 2 is 1.23 bits per heavy atom. The predicted octanol–water partition coefficient (Wildman–Crippen LogP) is 4.03. The van der Waals surface area contributed by atoms with Crippen LogP contribution in [0.4, 0.5) is 0 Å². The van der Waals surface area contributed by atoms with Crippen molar-refractivity contribution in [3.05, 3.63) is 48.5 Å². The molecule has 0 radical (unpaired) electrons. The zero-order valence-corrected chi connectivity index (χ0v) is 13.2. The Labute approximate surface area is 132 Å². The first-order valence-electron chi connectivity index (χ1n) is 7.94. The van der Waals surface area contributed by atoms with Gasteiger partial charge in [0.1, 0.15) is 11.5 Å². The lowest BCUT2D eigenvalue weighted by Crippen LogP contribution is -2.01. The van der Waals surface area contributed by atoms with Crippen LogP contribution in [-0.4, -0.2) is 24.9 Å².